The van der Waals surface area contributed by atoms with E-state index >= 15 is 0 Å². The van der Waals surface area contributed by atoms with Crippen LogP contribution in [0.5, 0.6) is 0 Å². The minimum absolute atomic E-state index is 0.0418. The van der Waals surface area contributed by atoms with Gasteiger partial charge >= 0.3 is 5.97 Å². The molecule has 1 unspecified atom stereocenters. The van der Waals surface area contributed by atoms with Crippen molar-refractivity contribution in [1.82, 2.24) is 19.4 Å². The summed E-state index contributed by atoms with van der Waals surface area (Å²) in [4.78, 5) is 24.1. The predicted octanol–water partition coefficient (Wildman–Crippen LogP) is 3.37. The average Bonchev–Trinajstić information content (AvgIpc) is 3.25. The molecule has 30 heavy (non-hydrogen) atoms. The Kier molecular flexibility index (Phi) is 6.79. The zero-order valence-electron chi connectivity index (χ0n) is 17.8. The van der Waals surface area contributed by atoms with Crippen LogP contribution in [0.25, 0.3) is 5.95 Å². The molecule has 0 bridgehead atoms. The van der Waals surface area contributed by atoms with Crippen LogP contribution in [-0.4, -0.2) is 57.8 Å². The quantitative estimate of drug-likeness (QED) is 0.650. The molecule has 0 aliphatic carbocycles. The third-order valence-electron chi connectivity index (χ3n) is 6.40. The number of nitrogens with zero attached hydrogens (tertiary/aromatic N) is 4. The first-order chi connectivity index (χ1) is 14.7. The van der Waals surface area contributed by atoms with E-state index in [0.29, 0.717) is 12.6 Å². The van der Waals surface area contributed by atoms with Gasteiger partial charge < -0.3 is 9.47 Å². The Morgan fingerprint density at radius 3 is 2.73 bits per heavy atom. The van der Waals surface area contributed by atoms with E-state index in [4.69, 9.17) is 9.47 Å². The van der Waals surface area contributed by atoms with E-state index in [1.54, 1.807) is 12.4 Å². The highest BCUT2D eigenvalue weighted by atomic mass is 16.5. The van der Waals surface area contributed by atoms with Gasteiger partial charge in [-0.1, -0.05) is 0 Å². The van der Waals surface area contributed by atoms with E-state index in [2.05, 4.69) is 20.9 Å². The Hall–Kier alpha value is -2.25. The SMILES string of the molecule is CCOC(=O)C1(CC2CCCCO2)CCN(Cc2cccn2-c2ncccn2)CC1. The standard InChI is InChI=1S/C23H32N4O3/c1-2-29-21(28)23(17-20-8-3-4-16-30-20)9-14-26(15-10-23)18-19-7-5-13-27(19)22-24-11-6-12-25-22/h5-7,11-13,20H,2-4,8-10,14-18H2,1H3. The van der Waals surface area contributed by atoms with E-state index in [9.17, 15) is 4.79 Å². The number of ether oxygens (including phenoxy) is 2. The first-order valence-corrected chi connectivity index (χ1v) is 11.1. The molecule has 0 amide bonds. The number of hydrogen-bond acceptors (Lipinski definition) is 6. The molecule has 0 radical (unpaired) electrons. The largest absolute Gasteiger partial charge is 0.466 e. The maximum Gasteiger partial charge on any atom is 0.312 e. The molecule has 0 saturated carbocycles. The second-order valence-corrected chi connectivity index (χ2v) is 8.39. The normalized spacial score (nSPS) is 22.0. The lowest BCUT2D eigenvalue weighted by Crippen LogP contribution is -2.47. The van der Waals surface area contributed by atoms with Crippen LogP contribution in [0, 0.1) is 5.41 Å². The van der Waals surface area contributed by atoms with Gasteiger partial charge in [0.1, 0.15) is 0 Å². The lowest BCUT2D eigenvalue weighted by atomic mass is 9.73. The fourth-order valence-electron chi connectivity index (χ4n) is 4.70. The number of rotatable bonds is 7. The fraction of sp³-hybridized carbons (Fsp3) is 0.609. The highest BCUT2D eigenvalue weighted by Gasteiger charge is 2.44. The number of esters is 1. The zero-order chi connectivity index (χ0) is 20.8. The second-order valence-electron chi connectivity index (χ2n) is 8.39. The Bertz CT molecular complexity index is 809. The van der Waals surface area contributed by atoms with Crippen molar-refractivity contribution in [1.29, 1.82) is 0 Å². The molecular formula is C23H32N4O3. The summed E-state index contributed by atoms with van der Waals surface area (Å²) < 4.78 is 13.5. The van der Waals surface area contributed by atoms with E-state index in [1.807, 2.05) is 29.8 Å². The van der Waals surface area contributed by atoms with Gasteiger partial charge in [-0.15, -0.1) is 0 Å². The first-order valence-electron chi connectivity index (χ1n) is 11.1. The molecule has 4 rings (SSSR count). The zero-order valence-corrected chi connectivity index (χ0v) is 17.8. The second kappa shape index (κ2) is 9.71. The third kappa shape index (κ3) is 4.73. The number of carbonyl (C=O) groups excluding carboxylic acids is 1. The summed E-state index contributed by atoms with van der Waals surface area (Å²) in [5.41, 5.74) is 0.736. The van der Waals surface area contributed by atoms with Crippen LogP contribution in [0.3, 0.4) is 0 Å². The van der Waals surface area contributed by atoms with Crippen LogP contribution in [0.2, 0.25) is 0 Å². The summed E-state index contributed by atoms with van der Waals surface area (Å²) in [5, 5.41) is 0. The topological polar surface area (TPSA) is 69.5 Å². The monoisotopic (exact) mass is 412 g/mol. The number of piperidine rings is 1. The molecule has 2 saturated heterocycles. The van der Waals surface area contributed by atoms with Crippen molar-refractivity contribution in [3.63, 3.8) is 0 Å². The van der Waals surface area contributed by atoms with Gasteiger partial charge in [-0.05, 0) is 76.7 Å². The van der Waals surface area contributed by atoms with Gasteiger partial charge in [0.2, 0.25) is 5.95 Å². The molecule has 2 aliphatic rings. The van der Waals surface area contributed by atoms with Gasteiger partial charge in [0.15, 0.2) is 0 Å². The maximum atomic E-state index is 12.9. The molecular weight excluding hydrogens is 380 g/mol. The van der Waals surface area contributed by atoms with Crippen LogP contribution in [-0.2, 0) is 20.8 Å². The van der Waals surface area contributed by atoms with Gasteiger partial charge in [-0.2, -0.15) is 0 Å². The number of hydrogen-bond donors (Lipinski definition) is 0. The molecule has 0 spiro atoms. The highest BCUT2D eigenvalue weighted by molar-refractivity contribution is 5.77. The maximum absolute atomic E-state index is 12.9. The summed E-state index contributed by atoms with van der Waals surface area (Å²) in [6.45, 7) is 5.68. The van der Waals surface area contributed by atoms with Gasteiger partial charge in [-0.3, -0.25) is 14.3 Å². The van der Waals surface area contributed by atoms with Crippen LogP contribution < -0.4 is 0 Å². The predicted molar refractivity (Wildman–Crippen MR) is 113 cm³/mol. The summed E-state index contributed by atoms with van der Waals surface area (Å²) in [6, 6.07) is 5.96. The van der Waals surface area contributed by atoms with E-state index < -0.39 is 5.41 Å². The molecule has 0 N–H and O–H groups in total. The Morgan fingerprint density at radius 1 is 1.23 bits per heavy atom. The molecule has 0 aromatic carbocycles. The van der Waals surface area contributed by atoms with E-state index in [0.717, 1.165) is 64.0 Å². The van der Waals surface area contributed by atoms with Gasteiger partial charge in [0, 0.05) is 37.4 Å². The van der Waals surface area contributed by atoms with Gasteiger partial charge in [0.05, 0.1) is 18.1 Å². The lowest BCUT2D eigenvalue weighted by Gasteiger charge is -2.42. The van der Waals surface area contributed by atoms with E-state index in [-0.39, 0.29) is 12.1 Å². The Balaban J connectivity index is 1.42. The van der Waals surface area contributed by atoms with Crippen molar-refractivity contribution < 1.29 is 14.3 Å². The van der Waals surface area contributed by atoms with Crippen LogP contribution in [0.1, 0.15) is 51.1 Å². The van der Waals surface area contributed by atoms with Gasteiger partial charge in [0.25, 0.3) is 0 Å². The van der Waals surface area contributed by atoms with E-state index in [1.165, 1.54) is 6.42 Å². The molecule has 162 valence electrons. The van der Waals surface area contributed by atoms with Crippen molar-refractivity contribution in [2.24, 2.45) is 5.41 Å². The van der Waals surface area contributed by atoms with Gasteiger partial charge in [-0.25, -0.2) is 9.97 Å². The number of aromatic nitrogens is 3. The smallest absolute Gasteiger partial charge is 0.312 e. The van der Waals surface area contributed by atoms with Crippen LogP contribution in [0.15, 0.2) is 36.8 Å². The minimum Gasteiger partial charge on any atom is -0.466 e. The molecule has 7 nitrogen and oxygen atoms in total. The summed E-state index contributed by atoms with van der Waals surface area (Å²) in [7, 11) is 0. The number of likely N-dealkylation sites (tertiary alicyclic amines) is 1. The highest BCUT2D eigenvalue weighted by Crippen LogP contribution is 2.40. The Labute approximate surface area is 178 Å². The first kappa shape index (κ1) is 21.0. The summed E-state index contributed by atoms with van der Waals surface area (Å²) in [5.74, 6) is 0.643. The van der Waals surface area contributed by atoms with Crippen LogP contribution in [0.4, 0.5) is 0 Å². The molecule has 2 aromatic heterocycles. The molecule has 7 heteroatoms. The number of carbonyl (C=O) groups is 1. The minimum atomic E-state index is -0.418. The molecule has 2 aliphatic heterocycles. The molecule has 2 fully saturated rings. The summed E-state index contributed by atoms with van der Waals surface area (Å²) in [6.07, 6.45) is 11.5. The average molecular weight is 413 g/mol. The van der Waals surface area contributed by atoms with Crippen molar-refractivity contribution >= 4 is 5.97 Å². The summed E-state index contributed by atoms with van der Waals surface area (Å²) >= 11 is 0. The lowest BCUT2D eigenvalue weighted by molar-refractivity contribution is -0.162. The molecule has 4 heterocycles. The molecule has 1 atom stereocenters. The van der Waals surface area contributed by atoms with Crippen molar-refractivity contribution in [2.75, 3.05) is 26.3 Å². The fourth-order valence-corrected chi connectivity index (χ4v) is 4.70. The van der Waals surface area contributed by atoms with Crippen molar-refractivity contribution in [3.8, 4) is 5.95 Å². The van der Waals surface area contributed by atoms with Crippen LogP contribution >= 0.6 is 0 Å². The van der Waals surface area contributed by atoms with Crippen molar-refractivity contribution in [3.05, 3.63) is 42.5 Å². The molecule has 2 aromatic rings. The third-order valence-corrected chi connectivity index (χ3v) is 6.40. The van der Waals surface area contributed by atoms with Crippen molar-refractivity contribution in [2.45, 2.75) is 58.1 Å². The Morgan fingerprint density at radius 2 is 2.03 bits per heavy atom.